The van der Waals surface area contributed by atoms with Gasteiger partial charge in [-0.05, 0) is 40.0 Å². The second-order valence-corrected chi connectivity index (χ2v) is 8.11. The first-order valence-electron chi connectivity index (χ1n) is 10.00. The van der Waals surface area contributed by atoms with Crippen LogP contribution in [0, 0.1) is 5.92 Å². The summed E-state index contributed by atoms with van der Waals surface area (Å²) in [5.41, 5.74) is -0.800. The van der Waals surface area contributed by atoms with Crippen molar-refractivity contribution in [2.24, 2.45) is 5.92 Å². The number of nitrogens with zero attached hydrogens (tertiary/aromatic N) is 1. The molecule has 2 rings (SSSR count). The van der Waals surface area contributed by atoms with Gasteiger partial charge in [-0.3, -0.25) is 9.59 Å². The minimum absolute atomic E-state index is 0.00220. The van der Waals surface area contributed by atoms with Crippen LogP contribution in [-0.2, 0) is 14.3 Å². The summed E-state index contributed by atoms with van der Waals surface area (Å²) >= 11 is 0. The molecule has 0 spiro atoms. The number of likely N-dealkylation sites (tertiary alicyclic amines) is 1. The third-order valence-electron chi connectivity index (χ3n) is 4.43. The van der Waals surface area contributed by atoms with Gasteiger partial charge in [-0.1, -0.05) is 13.8 Å². The molecule has 0 radical (unpaired) electrons. The molecule has 2 heterocycles. The molecule has 3 N–H and O–H groups in total. The van der Waals surface area contributed by atoms with Gasteiger partial charge in [0.05, 0.1) is 19.1 Å². The van der Waals surface area contributed by atoms with E-state index in [1.807, 2.05) is 13.8 Å². The van der Waals surface area contributed by atoms with Crippen molar-refractivity contribution in [1.82, 2.24) is 15.5 Å². The lowest BCUT2D eigenvalue weighted by atomic mass is 9.89. The number of rotatable bonds is 5. The zero-order valence-corrected chi connectivity index (χ0v) is 17.8. The van der Waals surface area contributed by atoms with Gasteiger partial charge in [-0.15, -0.1) is 0 Å². The Balaban J connectivity index is 0.00000204. The van der Waals surface area contributed by atoms with E-state index < -0.39 is 54.7 Å². The summed E-state index contributed by atoms with van der Waals surface area (Å²) in [5, 5.41) is 15.5. The molecule has 0 bridgehead atoms. The third-order valence-corrected chi connectivity index (χ3v) is 4.43. The van der Waals surface area contributed by atoms with Crippen LogP contribution in [0.25, 0.3) is 0 Å². The first-order valence-corrected chi connectivity index (χ1v) is 10.00. The van der Waals surface area contributed by atoms with Crippen LogP contribution in [0.15, 0.2) is 0 Å². The first kappa shape index (κ1) is 25.1. The number of carbonyl (C=O) groups is 3. The van der Waals surface area contributed by atoms with E-state index in [1.165, 1.54) is 0 Å². The molecule has 0 aromatic carbocycles. The summed E-state index contributed by atoms with van der Waals surface area (Å²) in [6.07, 6.45) is -1.32. The van der Waals surface area contributed by atoms with Gasteiger partial charge in [-0.2, -0.15) is 0 Å². The number of aliphatic hydroxyl groups is 1. The van der Waals surface area contributed by atoms with Gasteiger partial charge >= 0.3 is 6.09 Å². The highest BCUT2D eigenvalue weighted by atomic mass is 19.3. The summed E-state index contributed by atoms with van der Waals surface area (Å²) in [4.78, 5) is 37.2. The van der Waals surface area contributed by atoms with Gasteiger partial charge in [0.1, 0.15) is 5.60 Å². The van der Waals surface area contributed by atoms with Crippen LogP contribution in [0.1, 0.15) is 53.9 Å². The predicted molar refractivity (Wildman–Crippen MR) is 102 cm³/mol. The number of nitrogens with one attached hydrogen (secondary N) is 2. The Morgan fingerprint density at radius 2 is 1.93 bits per heavy atom. The molecule has 3 atom stereocenters. The number of ether oxygens (including phenoxy) is 1. The summed E-state index contributed by atoms with van der Waals surface area (Å²) in [7, 11) is 0. The molecule has 0 aromatic rings. The van der Waals surface area contributed by atoms with Crippen LogP contribution < -0.4 is 10.6 Å². The van der Waals surface area contributed by atoms with Crippen molar-refractivity contribution >= 4 is 17.9 Å². The molecule has 10 heteroatoms. The smallest absolute Gasteiger partial charge is 0.407 e. The van der Waals surface area contributed by atoms with Crippen LogP contribution in [0.2, 0.25) is 0 Å². The number of aliphatic hydroxyl groups excluding tert-OH is 1. The van der Waals surface area contributed by atoms with E-state index in [-0.39, 0.29) is 12.3 Å². The molecule has 2 aliphatic rings. The van der Waals surface area contributed by atoms with Crippen LogP contribution in [0.3, 0.4) is 0 Å². The fraction of sp³-hybridized carbons (Fsp3) is 0.842. The fourth-order valence-electron chi connectivity index (χ4n) is 3.12. The number of piperidine rings is 1. The third kappa shape index (κ3) is 7.75. The molecule has 3 unspecified atom stereocenters. The molecule has 2 aliphatic heterocycles. The number of hydrogen-bond donors (Lipinski definition) is 3. The zero-order valence-electron chi connectivity index (χ0n) is 17.8. The first-order chi connectivity index (χ1) is 13.4. The Kier molecular flexibility index (Phi) is 8.80. The SMILES string of the molecule is CC.CC(C)(C)OC(=O)NC(CC1CCCNC1=O)C(O)C(=O)N1CC(F)(F)C1. The lowest BCUT2D eigenvalue weighted by Crippen LogP contribution is -2.63. The summed E-state index contributed by atoms with van der Waals surface area (Å²) in [5.74, 6) is -4.60. The van der Waals surface area contributed by atoms with Crippen molar-refractivity contribution in [3.8, 4) is 0 Å². The summed E-state index contributed by atoms with van der Waals surface area (Å²) in [6, 6.07) is -1.13. The molecule has 3 amide bonds. The van der Waals surface area contributed by atoms with E-state index >= 15 is 0 Å². The maximum absolute atomic E-state index is 13.0. The molecule has 2 fully saturated rings. The van der Waals surface area contributed by atoms with Crippen LogP contribution in [0.4, 0.5) is 13.6 Å². The second kappa shape index (κ2) is 10.2. The summed E-state index contributed by atoms with van der Waals surface area (Å²) in [6.45, 7) is 7.96. The molecule has 8 nitrogen and oxygen atoms in total. The average Bonchev–Trinajstić information content (AvgIpc) is 2.59. The van der Waals surface area contributed by atoms with Crippen molar-refractivity contribution in [3.05, 3.63) is 0 Å². The van der Waals surface area contributed by atoms with Crippen molar-refractivity contribution in [3.63, 3.8) is 0 Å². The highest BCUT2D eigenvalue weighted by Gasteiger charge is 2.49. The van der Waals surface area contributed by atoms with Crippen molar-refractivity contribution < 1.29 is 33.0 Å². The predicted octanol–water partition coefficient (Wildman–Crippen LogP) is 1.66. The van der Waals surface area contributed by atoms with Crippen molar-refractivity contribution in [1.29, 1.82) is 0 Å². The Bertz CT molecular complexity index is 587. The summed E-state index contributed by atoms with van der Waals surface area (Å²) < 4.78 is 31.2. The van der Waals surface area contributed by atoms with Crippen LogP contribution in [0.5, 0.6) is 0 Å². The van der Waals surface area contributed by atoms with Gasteiger partial charge < -0.3 is 25.4 Å². The topological polar surface area (TPSA) is 108 Å². The number of carbonyl (C=O) groups excluding carboxylic acids is 3. The minimum Gasteiger partial charge on any atom is -0.444 e. The number of halogens is 2. The molecule has 0 aliphatic carbocycles. The Morgan fingerprint density at radius 1 is 1.34 bits per heavy atom. The van der Waals surface area contributed by atoms with Crippen LogP contribution >= 0.6 is 0 Å². The van der Waals surface area contributed by atoms with E-state index in [2.05, 4.69) is 10.6 Å². The number of hydrogen-bond acceptors (Lipinski definition) is 5. The average molecular weight is 421 g/mol. The second-order valence-electron chi connectivity index (χ2n) is 8.11. The number of alkyl carbamates (subject to hydrolysis) is 1. The molecule has 168 valence electrons. The maximum atomic E-state index is 13.0. The van der Waals surface area contributed by atoms with E-state index in [0.717, 1.165) is 11.3 Å². The maximum Gasteiger partial charge on any atom is 0.407 e. The lowest BCUT2D eigenvalue weighted by Gasteiger charge is -2.41. The Morgan fingerprint density at radius 3 is 2.41 bits per heavy atom. The fourth-order valence-corrected chi connectivity index (χ4v) is 3.12. The van der Waals surface area contributed by atoms with Gasteiger partial charge in [0.25, 0.3) is 11.8 Å². The standard InChI is InChI=1S/C17H27F2N3O5.C2H6/c1-16(2,3)27-15(26)21-11(7-10-5-4-6-20-13(10)24)12(23)14(25)22-8-17(18,19)9-22;1-2/h10-12,23H,4-9H2,1-3H3,(H,20,24)(H,21,26);1-2H3. The highest BCUT2D eigenvalue weighted by Crippen LogP contribution is 2.28. The lowest BCUT2D eigenvalue weighted by molar-refractivity contribution is -0.174. The normalized spacial score (nSPS) is 22.8. The quantitative estimate of drug-likeness (QED) is 0.626. The highest BCUT2D eigenvalue weighted by molar-refractivity contribution is 5.84. The van der Waals surface area contributed by atoms with Gasteiger partial charge in [0.2, 0.25) is 5.91 Å². The molecule has 0 aromatic heterocycles. The van der Waals surface area contributed by atoms with Crippen LogP contribution in [-0.4, -0.2) is 71.2 Å². The largest absolute Gasteiger partial charge is 0.444 e. The molecular formula is C19H33F2N3O5. The van der Waals surface area contributed by atoms with Crippen molar-refractivity contribution in [2.75, 3.05) is 19.6 Å². The van der Waals surface area contributed by atoms with E-state index in [9.17, 15) is 28.3 Å². The monoisotopic (exact) mass is 421 g/mol. The number of amides is 3. The zero-order chi connectivity index (χ0) is 22.4. The van der Waals surface area contributed by atoms with Gasteiger partial charge in [-0.25, -0.2) is 13.6 Å². The molecule has 2 saturated heterocycles. The van der Waals surface area contributed by atoms with E-state index in [1.54, 1.807) is 20.8 Å². The van der Waals surface area contributed by atoms with E-state index in [0.29, 0.717) is 13.0 Å². The molecule has 0 saturated carbocycles. The van der Waals surface area contributed by atoms with Crippen molar-refractivity contribution in [2.45, 2.75) is 77.6 Å². The molecule has 29 heavy (non-hydrogen) atoms. The number of alkyl halides is 2. The van der Waals surface area contributed by atoms with Gasteiger partial charge in [0, 0.05) is 12.5 Å². The minimum atomic E-state index is -2.97. The Hall–Kier alpha value is -1.97. The Labute approximate surface area is 170 Å². The van der Waals surface area contributed by atoms with Gasteiger partial charge in [0.15, 0.2) is 6.10 Å². The molecular weight excluding hydrogens is 388 g/mol. The van der Waals surface area contributed by atoms with E-state index in [4.69, 9.17) is 4.74 Å².